The van der Waals surface area contributed by atoms with E-state index < -0.39 is 22.7 Å². The first kappa shape index (κ1) is 19.1. The maximum Gasteiger partial charge on any atom is 0.338 e. The molecule has 0 aliphatic carbocycles. The van der Waals surface area contributed by atoms with Gasteiger partial charge in [-0.15, -0.1) is 0 Å². The van der Waals surface area contributed by atoms with Crippen LogP contribution in [0.5, 0.6) is 0 Å². The molecule has 0 aliphatic heterocycles. The monoisotopic (exact) mass is 337 g/mol. The van der Waals surface area contributed by atoms with E-state index in [4.69, 9.17) is 30.2 Å². The number of carboxylic acids is 1. The molecule has 0 aromatic carbocycles. The van der Waals surface area contributed by atoms with E-state index in [-0.39, 0.29) is 9.98 Å². The van der Waals surface area contributed by atoms with Crippen molar-refractivity contribution >= 4 is 58.9 Å². The third kappa shape index (κ3) is 3.80. The molecule has 0 spiro atoms. The van der Waals surface area contributed by atoms with Crippen LogP contribution in [0, 0.1) is 0 Å². The second kappa shape index (κ2) is 7.75. The summed E-state index contributed by atoms with van der Waals surface area (Å²) >= 11 is 14.2. The van der Waals surface area contributed by atoms with E-state index in [1.165, 1.54) is 6.92 Å². The van der Waals surface area contributed by atoms with E-state index in [0.29, 0.717) is 13.1 Å². The van der Waals surface area contributed by atoms with Gasteiger partial charge in [0.25, 0.3) is 0 Å². The maximum atomic E-state index is 11.8. The number of amides is 1. The number of nitrogens with two attached hydrogens (primary N) is 1. The summed E-state index contributed by atoms with van der Waals surface area (Å²) in [4.78, 5) is 24.7. The first-order chi connectivity index (χ1) is 9.14. The highest BCUT2D eigenvalue weighted by Gasteiger charge is 2.52. The van der Waals surface area contributed by atoms with Crippen LogP contribution in [0.3, 0.4) is 0 Å². The predicted octanol–water partition coefficient (Wildman–Crippen LogP) is 0.200. The predicted molar refractivity (Wildman–Crippen MR) is 89.3 cm³/mol. The largest absolute Gasteiger partial charge is 0.479 e. The summed E-state index contributed by atoms with van der Waals surface area (Å²) in [7, 11) is 0. The lowest BCUT2D eigenvalue weighted by molar-refractivity contribution is -0.143. The summed E-state index contributed by atoms with van der Waals surface area (Å²) in [5, 5.41) is 10.8. The smallest absolute Gasteiger partial charge is 0.338 e. The molecule has 2 atom stereocenters. The normalized spacial score (nSPS) is 14.8. The van der Waals surface area contributed by atoms with Crippen molar-refractivity contribution in [3.8, 4) is 0 Å². The van der Waals surface area contributed by atoms with Gasteiger partial charge in [-0.1, -0.05) is 24.4 Å². The van der Waals surface area contributed by atoms with Crippen molar-refractivity contribution in [2.24, 2.45) is 5.73 Å². The molecule has 0 aromatic heterocycles. The molecule has 0 radical (unpaired) electrons. The van der Waals surface area contributed by atoms with Crippen LogP contribution in [0.2, 0.25) is 0 Å². The lowest BCUT2D eigenvalue weighted by atomic mass is 9.92. The number of thiol groups is 1. The maximum absolute atomic E-state index is 11.8. The van der Waals surface area contributed by atoms with Gasteiger partial charge in [0.1, 0.15) is 4.99 Å². The van der Waals surface area contributed by atoms with Gasteiger partial charge in [0, 0.05) is 20.0 Å². The molecule has 0 aromatic rings. The van der Waals surface area contributed by atoms with Gasteiger partial charge in [-0.25, -0.2) is 4.79 Å². The molecular weight excluding hydrogens is 318 g/mol. The third-order valence-electron chi connectivity index (χ3n) is 2.78. The van der Waals surface area contributed by atoms with Crippen LogP contribution in [0.1, 0.15) is 20.8 Å². The van der Waals surface area contributed by atoms with Crippen LogP contribution < -0.4 is 11.1 Å². The van der Waals surface area contributed by atoms with Crippen LogP contribution in [0.15, 0.2) is 0 Å². The van der Waals surface area contributed by atoms with Crippen LogP contribution in [0.25, 0.3) is 0 Å². The van der Waals surface area contributed by atoms with Crippen LogP contribution in [-0.4, -0.2) is 55.7 Å². The quantitative estimate of drug-likeness (QED) is 0.389. The van der Waals surface area contributed by atoms with Crippen LogP contribution in [0.4, 0.5) is 0 Å². The zero-order valence-electron chi connectivity index (χ0n) is 11.5. The number of carbonyl (C=O) groups is 2. The molecule has 0 rings (SSSR count). The van der Waals surface area contributed by atoms with Gasteiger partial charge in [0.2, 0.25) is 11.4 Å². The number of hydrogen-bond donors (Lipinski definition) is 4. The van der Waals surface area contributed by atoms with E-state index >= 15 is 0 Å². The van der Waals surface area contributed by atoms with Crippen LogP contribution >= 0.6 is 37.1 Å². The molecule has 0 fully saturated rings. The summed E-state index contributed by atoms with van der Waals surface area (Å²) in [6.45, 7) is 5.82. The molecule has 0 saturated carbocycles. The van der Waals surface area contributed by atoms with E-state index in [1.807, 2.05) is 13.8 Å². The third-order valence-corrected chi connectivity index (χ3v) is 4.43. The average Bonchev–Trinajstić information content (AvgIpc) is 2.35. The standard InChI is InChI=1S/C11H19N3O3S3/c1-4-14(5-2)9(20)11(10(16)17,13-6(3)15)7(18)8(12)19/h7,18H,4-5H2,1-3H3,(H2,12,19)(H,13,15)(H,16,17). The van der Waals surface area contributed by atoms with Crippen molar-refractivity contribution in [3.05, 3.63) is 0 Å². The highest BCUT2D eigenvalue weighted by atomic mass is 32.1. The number of nitrogens with zero attached hydrogens (tertiary/aromatic N) is 1. The van der Waals surface area contributed by atoms with Gasteiger partial charge in [-0.2, -0.15) is 12.6 Å². The molecule has 1 amide bonds. The Morgan fingerprint density at radius 2 is 1.85 bits per heavy atom. The lowest BCUT2D eigenvalue weighted by Crippen LogP contribution is -2.70. The van der Waals surface area contributed by atoms with E-state index in [2.05, 4.69) is 17.9 Å². The molecule has 20 heavy (non-hydrogen) atoms. The summed E-state index contributed by atoms with van der Waals surface area (Å²) < 4.78 is 0. The Hall–Kier alpha value is -0.930. The van der Waals surface area contributed by atoms with E-state index in [9.17, 15) is 14.7 Å². The molecule has 0 aliphatic rings. The van der Waals surface area contributed by atoms with Gasteiger partial charge in [0.05, 0.1) is 10.2 Å². The minimum Gasteiger partial charge on any atom is -0.479 e. The number of aliphatic carboxylic acids is 1. The number of carbonyl (C=O) groups excluding carboxylic acids is 1. The van der Waals surface area contributed by atoms with Crippen LogP contribution in [-0.2, 0) is 9.59 Å². The number of rotatable bonds is 7. The van der Waals surface area contributed by atoms with Gasteiger partial charge < -0.3 is 21.1 Å². The van der Waals surface area contributed by atoms with Crippen molar-refractivity contribution in [3.63, 3.8) is 0 Å². The minimum absolute atomic E-state index is 0.0259. The van der Waals surface area contributed by atoms with Crippen molar-refractivity contribution in [2.75, 3.05) is 13.1 Å². The van der Waals surface area contributed by atoms with E-state index in [0.717, 1.165) is 0 Å². The molecule has 6 nitrogen and oxygen atoms in total. The first-order valence-corrected chi connectivity index (χ1v) is 7.27. The summed E-state index contributed by atoms with van der Waals surface area (Å²) in [5.74, 6) is -1.91. The molecule has 4 N–H and O–H groups in total. The highest BCUT2D eigenvalue weighted by molar-refractivity contribution is 7.87. The second-order valence-electron chi connectivity index (χ2n) is 4.08. The van der Waals surface area contributed by atoms with Gasteiger partial charge in [0.15, 0.2) is 0 Å². The molecule has 0 saturated heterocycles. The summed E-state index contributed by atoms with van der Waals surface area (Å²) in [6.07, 6.45) is 0. The number of nitrogens with one attached hydrogen (secondary N) is 1. The lowest BCUT2D eigenvalue weighted by Gasteiger charge is -2.39. The zero-order chi connectivity index (χ0) is 16.1. The van der Waals surface area contributed by atoms with Gasteiger partial charge >= 0.3 is 5.97 Å². The van der Waals surface area contributed by atoms with Crippen molar-refractivity contribution in [1.29, 1.82) is 0 Å². The first-order valence-electron chi connectivity index (χ1n) is 5.93. The van der Waals surface area contributed by atoms with Gasteiger partial charge in [-0.3, -0.25) is 4.79 Å². The number of thiocarbonyl (C=S) groups is 2. The Bertz CT molecular complexity index is 426. The number of carboxylic acid groups (broad SMARTS) is 1. The average molecular weight is 337 g/mol. The van der Waals surface area contributed by atoms with E-state index in [1.54, 1.807) is 4.90 Å². The number of likely N-dealkylation sites (N-methyl/N-ethyl adjacent to an activating group) is 1. The molecule has 114 valence electrons. The van der Waals surface area contributed by atoms with Gasteiger partial charge in [-0.05, 0) is 13.8 Å². The summed E-state index contributed by atoms with van der Waals surface area (Å²) in [6, 6.07) is 0. The molecular formula is C11H19N3O3S3. The zero-order valence-corrected chi connectivity index (χ0v) is 14.1. The second-order valence-corrected chi connectivity index (χ2v) is 5.45. The Morgan fingerprint density at radius 1 is 1.40 bits per heavy atom. The highest BCUT2D eigenvalue weighted by Crippen LogP contribution is 2.22. The molecule has 2 unspecified atom stereocenters. The Balaban J connectivity index is 5.98. The Morgan fingerprint density at radius 3 is 2.10 bits per heavy atom. The van der Waals surface area contributed by atoms with Crippen molar-refractivity contribution < 1.29 is 14.7 Å². The SMILES string of the molecule is CCN(CC)C(=S)C(NC(C)=O)(C(=O)O)C(S)C(N)=S. The fourth-order valence-electron chi connectivity index (χ4n) is 1.75. The van der Waals surface area contributed by atoms with Crippen molar-refractivity contribution in [1.82, 2.24) is 10.2 Å². The summed E-state index contributed by atoms with van der Waals surface area (Å²) in [5.41, 5.74) is 3.58. The topological polar surface area (TPSA) is 95.7 Å². The molecule has 9 heteroatoms. The van der Waals surface area contributed by atoms with Crippen molar-refractivity contribution in [2.45, 2.75) is 31.6 Å². The fraction of sp³-hybridized carbons (Fsp3) is 0.636. The number of hydrogen-bond acceptors (Lipinski definition) is 5. The molecule has 0 heterocycles. The fourth-order valence-corrected chi connectivity index (χ4v) is 2.83. The minimum atomic E-state index is -1.94. The Kier molecular flexibility index (Phi) is 7.39. The molecule has 0 bridgehead atoms. The Labute approximate surface area is 134 Å².